The van der Waals surface area contributed by atoms with Gasteiger partial charge in [-0.25, -0.2) is 0 Å². The van der Waals surface area contributed by atoms with Crippen LogP contribution in [0.15, 0.2) is 36.4 Å². The maximum Gasteiger partial charge on any atom is 0.231 e. The van der Waals surface area contributed by atoms with Crippen molar-refractivity contribution in [1.29, 1.82) is 0 Å². The number of hydrogen-bond donors (Lipinski definition) is 2. The second-order valence-electron chi connectivity index (χ2n) is 5.76. The first-order valence-electron chi connectivity index (χ1n) is 8.19. The number of benzene rings is 2. The van der Waals surface area contributed by atoms with E-state index < -0.39 is 0 Å². The molecule has 3 rings (SSSR count). The van der Waals surface area contributed by atoms with Gasteiger partial charge in [-0.3, -0.25) is 4.79 Å². The summed E-state index contributed by atoms with van der Waals surface area (Å²) in [6.07, 6.45) is 1.29. The van der Waals surface area contributed by atoms with Crippen LogP contribution in [0.2, 0.25) is 0 Å². The number of nitrogens with one attached hydrogen (secondary N) is 2. The molecule has 0 saturated heterocycles. The molecule has 0 saturated carbocycles. The number of ether oxygens (including phenoxy) is 2. The van der Waals surface area contributed by atoms with Gasteiger partial charge in [-0.2, -0.15) is 0 Å². The second-order valence-corrected chi connectivity index (χ2v) is 5.76. The van der Waals surface area contributed by atoms with Crippen LogP contribution in [0, 0.1) is 6.92 Å². The Kier molecular flexibility index (Phi) is 4.89. The van der Waals surface area contributed by atoms with E-state index in [-0.39, 0.29) is 12.7 Å². The minimum absolute atomic E-state index is 0.00671. The molecule has 0 aromatic heterocycles. The third kappa shape index (κ3) is 3.62. The summed E-state index contributed by atoms with van der Waals surface area (Å²) in [6.45, 7) is 4.92. The topological polar surface area (TPSA) is 59.6 Å². The summed E-state index contributed by atoms with van der Waals surface area (Å²) >= 11 is 0. The number of carbonyl (C=O) groups is 1. The molecule has 0 radical (unpaired) electrons. The lowest BCUT2D eigenvalue weighted by atomic mass is 10.1. The summed E-state index contributed by atoms with van der Waals surface area (Å²) in [7, 11) is 0. The molecule has 5 heteroatoms. The summed E-state index contributed by atoms with van der Waals surface area (Å²) < 4.78 is 10.6. The van der Waals surface area contributed by atoms with Gasteiger partial charge < -0.3 is 20.1 Å². The van der Waals surface area contributed by atoms with Crippen molar-refractivity contribution < 1.29 is 14.3 Å². The standard InChI is InChI=1S/C19H22N2O3/c1-3-14-6-4-5-13(2)19(14)21-18(22)9-10-20-15-7-8-16-17(11-15)24-12-23-16/h4-8,11,20H,3,9-10,12H2,1-2H3,(H,21,22). The third-order valence-electron chi connectivity index (χ3n) is 4.06. The first-order valence-corrected chi connectivity index (χ1v) is 8.19. The highest BCUT2D eigenvalue weighted by molar-refractivity contribution is 5.92. The maximum atomic E-state index is 12.2. The largest absolute Gasteiger partial charge is 0.454 e. The summed E-state index contributed by atoms with van der Waals surface area (Å²) in [5.41, 5.74) is 4.10. The van der Waals surface area contributed by atoms with Gasteiger partial charge in [-0.1, -0.05) is 25.1 Å². The van der Waals surface area contributed by atoms with E-state index in [1.54, 1.807) is 0 Å². The summed E-state index contributed by atoms with van der Waals surface area (Å²) in [6, 6.07) is 11.8. The van der Waals surface area contributed by atoms with Crippen LogP contribution < -0.4 is 20.1 Å². The van der Waals surface area contributed by atoms with E-state index in [1.807, 2.05) is 43.3 Å². The molecular weight excluding hydrogens is 304 g/mol. The summed E-state index contributed by atoms with van der Waals surface area (Å²) in [4.78, 5) is 12.2. The zero-order valence-corrected chi connectivity index (χ0v) is 14.0. The van der Waals surface area contributed by atoms with Crippen LogP contribution >= 0.6 is 0 Å². The number of carbonyl (C=O) groups excluding carboxylic acids is 1. The fraction of sp³-hybridized carbons (Fsp3) is 0.316. The molecule has 0 atom stereocenters. The van der Waals surface area contributed by atoms with Crippen molar-refractivity contribution >= 4 is 17.3 Å². The number of anilines is 2. The van der Waals surface area contributed by atoms with Crippen LogP contribution in [0.3, 0.4) is 0 Å². The van der Waals surface area contributed by atoms with Crippen molar-refractivity contribution in [3.8, 4) is 11.5 Å². The Hall–Kier alpha value is -2.69. The maximum absolute atomic E-state index is 12.2. The first-order chi connectivity index (χ1) is 11.7. The van der Waals surface area contributed by atoms with E-state index in [0.717, 1.165) is 40.4 Å². The highest BCUT2D eigenvalue weighted by Crippen LogP contribution is 2.34. The average Bonchev–Trinajstić information content (AvgIpc) is 3.04. The van der Waals surface area contributed by atoms with E-state index in [0.29, 0.717) is 13.0 Å². The zero-order valence-electron chi connectivity index (χ0n) is 14.0. The molecule has 2 N–H and O–H groups in total. The van der Waals surface area contributed by atoms with Gasteiger partial charge in [0.25, 0.3) is 0 Å². The average molecular weight is 326 g/mol. The first kappa shape index (κ1) is 16.2. The molecule has 1 aliphatic heterocycles. The van der Waals surface area contributed by atoms with Gasteiger partial charge >= 0.3 is 0 Å². The van der Waals surface area contributed by atoms with E-state index in [4.69, 9.17) is 9.47 Å². The monoisotopic (exact) mass is 326 g/mol. The van der Waals surface area contributed by atoms with Crippen molar-refractivity contribution in [1.82, 2.24) is 0 Å². The number of rotatable bonds is 6. The fourth-order valence-corrected chi connectivity index (χ4v) is 2.73. The van der Waals surface area contributed by atoms with Gasteiger partial charge in [-0.05, 0) is 36.6 Å². The molecule has 0 unspecified atom stereocenters. The van der Waals surface area contributed by atoms with Crippen LogP contribution in [-0.2, 0) is 11.2 Å². The van der Waals surface area contributed by atoms with Crippen LogP contribution in [0.25, 0.3) is 0 Å². The van der Waals surface area contributed by atoms with E-state index in [9.17, 15) is 4.79 Å². The lowest BCUT2D eigenvalue weighted by molar-refractivity contribution is -0.115. The van der Waals surface area contributed by atoms with Gasteiger partial charge in [0, 0.05) is 30.4 Å². The zero-order chi connectivity index (χ0) is 16.9. The van der Waals surface area contributed by atoms with Gasteiger partial charge in [0.1, 0.15) is 0 Å². The SMILES string of the molecule is CCc1cccc(C)c1NC(=O)CCNc1ccc2c(c1)OCO2. The highest BCUT2D eigenvalue weighted by atomic mass is 16.7. The van der Waals surface area contributed by atoms with Gasteiger partial charge in [0.05, 0.1) is 0 Å². The van der Waals surface area contributed by atoms with Crippen molar-refractivity contribution in [3.05, 3.63) is 47.5 Å². The van der Waals surface area contributed by atoms with E-state index in [2.05, 4.69) is 17.6 Å². The normalized spacial score (nSPS) is 12.1. The molecule has 5 nitrogen and oxygen atoms in total. The Morgan fingerprint density at radius 1 is 1.17 bits per heavy atom. The van der Waals surface area contributed by atoms with E-state index >= 15 is 0 Å². The van der Waals surface area contributed by atoms with Gasteiger partial charge in [0.15, 0.2) is 11.5 Å². The Bertz CT molecular complexity index is 743. The summed E-state index contributed by atoms with van der Waals surface area (Å²) in [5, 5.41) is 6.27. The fourth-order valence-electron chi connectivity index (χ4n) is 2.73. The molecule has 0 aliphatic carbocycles. The molecule has 1 amide bonds. The number of para-hydroxylation sites is 1. The Morgan fingerprint density at radius 2 is 2.00 bits per heavy atom. The van der Waals surface area contributed by atoms with Crippen molar-refractivity contribution in [2.24, 2.45) is 0 Å². The third-order valence-corrected chi connectivity index (χ3v) is 4.06. The molecule has 1 aliphatic rings. The Balaban J connectivity index is 1.53. The Labute approximate surface area is 142 Å². The van der Waals surface area contributed by atoms with Crippen molar-refractivity contribution in [2.75, 3.05) is 24.0 Å². The second kappa shape index (κ2) is 7.25. The van der Waals surface area contributed by atoms with Crippen LogP contribution in [0.5, 0.6) is 11.5 Å². The Morgan fingerprint density at radius 3 is 2.83 bits per heavy atom. The predicted molar refractivity (Wildman–Crippen MR) is 94.9 cm³/mol. The number of fused-ring (bicyclic) bond motifs is 1. The molecule has 24 heavy (non-hydrogen) atoms. The van der Waals surface area contributed by atoms with Crippen molar-refractivity contribution in [3.63, 3.8) is 0 Å². The molecule has 2 aromatic carbocycles. The predicted octanol–water partition coefficient (Wildman–Crippen LogP) is 3.73. The molecular formula is C19H22N2O3. The lowest BCUT2D eigenvalue weighted by Gasteiger charge is -2.13. The van der Waals surface area contributed by atoms with Crippen LogP contribution in [0.1, 0.15) is 24.5 Å². The minimum atomic E-state index is 0.00671. The lowest BCUT2D eigenvalue weighted by Crippen LogP contribution is -2.17. The van der Waals surface area contributed by atoms with Gasteiger partial charge in [0.2, 0.25) is 12.7 Å². The minimum Gasteiger partial charge on any atom is -0.454 e. The smallest absolute Gasteiger partial charge is 0.231 e. The molecule has 0 spiro atoms. The van der Waals surface area contributed by atoms with Crippen molar-refractivity contribution in [2.45, 2.75) is 26.7 Å². The number of aryl methyl sites for hydroxylation is 2. The molecule has 0 fully saturated rings. The number of amides is 1. The van der Waals surface area contributed by atoms with Crippen LogP contribution in [0.4, 0.5) is 11.4 Å². The molecule has 1 heterocycles. The quantitative estimate of drug-likeness (QED) is 0.849. The molecule has 0 bridgehead atoms. The van der Waals surface area contributed by atoms with Crippen LogP contribution in [-0.4, -0.2) is 19.2 Å². The highest BCUT2D eigenvalue weighted by Gasteiger charge is 2.13. The number of hydrogen-bond acceptors (Lipinski definition) is 4. The van der Waals surface area contributed by atoms with Gasteiger partial charge in [-0.15, -0.1) is 0 Å². The van der Waals surface area contributed by atoms with E-state index in [1.165, 1.54) is 0 Å². The summed E-state index contributed by atoms with van der Waals surface area (Å²) in [5.74, 6) is 1.49. The molecule has 2 aromatic rings. The molecule has 126 valence electrons.